The van der Waals surface area contributed by atoms with Gasteiger partial charge in [-0.15, -0.1) is 11.6 Å². The van der Waals surface area contributed by atoms with Crippen LogP contribution in [-0.2, 0) is 10.0 Å². The molecular formula is C12H16Cl3NO2S. The Kier molecular flexibility index (Phi) is 6.40. The summed E-state index contributed by atoms with van der Waals surface area (Å²) in [6.07, 6.45) is 0.562. The van der Waals surface area contributed by atoms with Gasteiger partial charge in [0.05, 0.1) is 4.90 Å². The maximum absolute atomic E-state index is 12.3. The summed E-state index contributed by atoms with van der Waals surface area (Å²) in [4.78, 5) is 0.0604. The molecule has 1 aromatic carbocycles. The van der Waals surface area contributed by atoms with E-state index < -0.39 is 10.0 Å². The minimum Gasteiger partial charge on any atom is -0.208 e. The summed E-state index contributed by atoms with van der Waals surface area (Å²) in [6.45, 7) is 3.87. The molecule has 0 fully saturated rings. The van der Waals surface area contributed by atoms with Crippen LogP contribution in [0.1, 0.15) is 20.3 Å². The third-order valence-corrected chi connectivity index (χ3v) is 4.80. The van der Waals surface area contributed by atoms with Gasteiger partial charge in [0.1, 0.15) is 0 Å². The molecule has 0 aliphatic carbocycles. The lowest BCUT2D eigenvalue weighted by Crippen LogP contribution is -2.38. The molecular weight excluding hydrogens is 329 g/mol. The molecule has 0 spiro atoms. The zero-order chi connectivity index (χ0) is 14.6. The van der Waals surface area contributed by atoms with E-state index in [-0.39, 0.29) is 26.9 Å². The van der Waals surface area contributed by atoms with Crippen molar-refractivity contribution >= 4 is 44.8 Å². The van der Waals surface area contributed by atoms with Gasteiger partial charge < -0.3 is 0 Å². The van der Waals surface area contributed by atoms with Crippen molar-refractivity contribution in [2.45, 2.75) is 31.2 Å². The largest absolute Gasteiger partial charge is 0.240 e. The Bertz CT molecular complexity index is 512. The number of nitrogens with one attached hydrogen (secondary N) is 1. The van der Waals surface area contributed by atoms with Crippen LogP contribution in [0.4, 0.5) is 0 Å². The van der Waals surface area contributed by atoms with Gasteiger partial charge in [-0.2, -0.15) is 0 Å². The number of hydrogen-bond donors (Lipinski definition) is 1. The fourth-order valence-corrected chi connectivity index (χ4v) is 3.98. The van der Waals surface area contributed by atoms with Gasteiger partial charge in [0.15, 0.2) is 0 Å². The van der Waals surface area contributed by atoms with Crippen molar-refractivity contribution in [2.24, 2.45) is 5.92 Å². The first-order chi connectivity index (χ1) is 8.76. The molecule has 0 aliphatic rings. The first kappa shape index (κ1) is 17.1. The van der Waals surface area contributed by atoms with Gasteiger partial charge in [0, 0.05) is 22.0 Å². The second kappa shape index (κ2) is 7.14. The predicted molar refractivity (Wildman–Crippen MR) is 80.7 cm³/mol. The van der Waals surface area contributed by atoms with Crippen LogP contribution in [0.2, 0.25) is 10.0 Å². The van der Waals surface area contributed by atoms with Crippen LogP contribution in [0.15, 0.2) is 23.1 Å². The van der Waals surface area contributed by atoms with E-state index in [0.29, 0.717) is 12.3 Å². The summed E-state index contributed by atoms with van der Waals surface area (Å²) in [6, 6.07) is 4.00. The first-order valence-corrected chi connectivity index (χ1v) is 8.58. The Hall–Kier alpha value is -0.000000000000000111. The maximum Gasteiger partial charge on any atom is 0.240 e. The van der Waals surface area contributed by atoms with Crippen LogP contribution in [0.3, 0.4) is 0 Å². The monoisotopic (exact) mass is 343 g/mol. The molecule has 0 bridgehead atoms. The highest BCUT2D eigenvalue weighted by Gasteiger charge is 2.22. The Morgan fingerprint density at radius 1 is 1.16 bits per heavy atom. The fraction of sp³-hybridized carbons (Fsp3) is 0.500. The fourth-order valence-electron chi connectivity index (χ4n) is 1.60. The van der Waals surface area contributed by atoms with E-state index in [2.05, 4.69) is 4.72 Å². The van der Waals surface area contributed by atoms with Crippen molar-refractivity contribution < 1.29 is 8.42 Å². The third kappa shape index (κ3) is 5.12. The van der Waals surface area contributed by atoms with Crippen molar-refractivity contribution in [3.63, 3.8) is 0 Å². The van der Waals surface area contributed by atoms with Gasteiger partial charge in [-0.25, -0.2) is 13.1 Å². The minimum absolute atomic E-state index is 0.0604. The molecule has 1 rings (SSSR count). The SMILES string of the molecule is CC(C)C(CCCl)NS(=O)(=O)c1cc(Cl)cc(Cl)c1. The van der Waals surface area contributed by atoms with E-state index in [9.17, 15) is 8.42 Å². The topological polar surface area (TPSA) is 46.2 Å². The van der Waals surface area contributed by atoms with Crippen LogP contribution >= 0.6 is 34.8 Å². The Balaban J connectivity index is 3.03. The van der Waals surface area contributed by atoms with Crippen molar-refractivity contribution in [1.29, 1.82) is 0 Å². The Labute approximate surface area is 129 Å². The summed E-state index contributed by atoms with van der Waals surface area (Å²) in [5.41, 5.74) is 0. The van der Waals surface area contributed by atoms with E-state index >= 15 is 0 Å². The molecule has 1 atom stereocenters. The van der Waals surface area contributed by atoms with Crippen LogP contribution in [0.5, 0.6) is 0 Å². The molecule has 0 aromatic heterocycles. The minimum atomic E-state index is -3.65. The Morgan fingerprint density at radius 3 is 2.11 bits per heavy atom. The zero-order valence-electron chi connectivity index (χ0n) is 10.7. The second-order valence-corrected chi connectivity index (χ2v) is 7.52. The van der Waals surface area contributed by atoms with Gasteiger partial charge >= 0.3 is 0 Å². The number of alkyl halides is 1. The summed E-state index contributed by atoms with van der Waals surface area (Å²) >= 11 is 17.3. The van der Waals surface area contributed by atoms with Crippen molar-refractivity contribution in [2.75, 3.05) is 5.88 Å². The quantitative estimate of drug-likeness (QED) is 0.795. The Morgan fingerprint density at radius 2 is 1.68 bits per heavy atom. The molecule has 0 radical (unpaired) electrons. The van der Waals surface area contributed by atoms with E-state index in [1.165, 1.54) is 18.2 Å². The van der Waals surface area contributed by atoms with E-state index in [1.54, 1.807) is 0 Å². The first-order valence-electron chi connectivity index (χ1n) is 5.80. The summed E-state index contributed by atoms with van der Waals surface area (Å²) in [5.74, 6) is 0.532. The molecule has 19 heavy (non-hydrogen) atoms. The predicted octanol–water partition coefficient (Wildman–Crippen LogP) is 3.93. The molecule has 0 saturated heterocycles. The highest BCUT2D eigenvalue weighted by atomic mass is 35.5. The molecule has 3 nitrogen and oxygen atoms in total. The highest BCUT2D eigenvalue weighted by molar-refractivity contribution is 7.89. The lowest BCUT2D eigenvalue weighted by atomic mass is 10.0. The summed E-state index contributed by atoms with van der Waals surface area (Å²) in [7, 11) is -3.65. The number of sulfonamides is 1. The zero-order valence-corrected chi connectivity index (χ0v) is 13.7. The molecule has 0 amide bonds. The molecule has 0 heterocycles. The molecule has 0 saturated carbocycles. The molecule has 1 unspecified atom stereocenters. The highest BCUT2D eigenvalue weighted by Crippen LogP contribution is 2.23. The lowest BCUT2D eigenvalue weighted by molar-refractivity contribution is 0.439. The van der Waals surface area contributed by atoms with Crippen molar-refractivity contribution in [3.05, 3.63) is 28.2 Å². The van der Waals surface area contributed by atoms with Crippen LogP contribution in [0.25, 0.3) is 0 Å². The average molecular weight is 345 g/mol. The molecule has 0 aliphatic heterocycles. The number of rotatable bonds is 6. The summed E-state index contributed by atoms with van der Waals surface area (Å²) in [5, 5.41) is 0.567. The summed E-state index contributed by atoms with van der Waals surface area (Å²) < 4.78 is 27.1. The number of halogens is 3. The molecule has 1 N–H and O–H groups in total. The molecule has 7 heteroatoms. The maximum atomic E-state index is 12.3. The van der Waals surface area contributed by atoms with Crippen molar-refractivity contribution in [1.82, 2.24) is 4.72 Å². The molecule has 108 valence electrons. The second-order valence-electron chi connectivity index (χ2n) is 4.55. The smallest absolute Gasteiger partial charge is 0.208 e. The third-order valence-electron chi connectivity index (χ3n) is 2.68. The van der Waals surface area contributed by atoms with Crippen LogP contribution in [0, 0.1) is 5.92 Å². The van der Waals surface area contributed by atoms with Crippen LogP contribution < -0.4 is 4.72 Å². The van der Waals surface area contributed by atoms with E-state index in [4.69, 9.17) is 34.8 Å². The average Bonchev–Trinajstić information content (AvgIpc) is 2.26. The van der Waals surface area contributed by atoms with Gasteiger partial charge in [0.2, 0.25) is 10.0 Å². The number of benzene rings is 1. The molecule has 1 aromatic rings. The standard InChI is InChI=1S/C12H16Cl3NO2S/c1-8(2)12(3-4-13)16-19(17,18)11-6-9(14)5-10(15)7-11/h5-8,12,16H,3-4H2,1-2H3. The number of hydrogen-bond acceptors (Lipinski definition) is 2. The lowest BCUT2D eigenvalue weighted by Gasteiger charge is -2.21. The normalized spacial score (nSPS) is 13.8. The van der Waals surface area contributed by atoms with Crippen molar-refractivity contribution in [3.8, 4) is 0 Å². The van der Waals surface area contributed by atoms with Gasteiger partial charge in [-0.3, -0.25) is 0 Å². The van der Waals surface area contributed by atoms with E-state index in [0.717, 1.165) is 0 Å². The van der Waals surface area contributed by atoms with Gasteiger partial charge in [0.25, 0.3) is 0 Å². The van der Waals surface area contributed by atoms with Crippen LogP contribution in [-0.4, -0.2) is 20.3 Å². The van der Waals surface area contributed by atoms with Gasteiger partial charge in [-0.05, 0) is 30.5 Å². The van der Waals surface area contributed by atoms with Gasteiger partial charge in [-0.1, -0.05) is 37.0 Å². The van der Waals surface area contributed by atoms with E-state index in [1.807, 2.05) is 13.8 Å².